The number of nitrogens with one attached hydrogen (secondary N) is 2. The Kier molecular flexibility index (Phi) is 17.1. The lowest BCUT2D eigenvalue weighted by molar-refractivity contribution is -0.118. The molecule has 1 aliphatic carbocycles. The minimum absolute atomic E-state index is 0.0391. The van der Waals surface area contributed by atoms with Gasteiger partial charge in [-0.3, -0.25) is 24.4 Å². The van der Waals surface area contributed by atoms with Crippen LogP contribution in [0.3, 0.4) is 0 Å². The lowest BCUT2D eigenvalue weighted by Crippen LogP contribution is -2.65. The third-order valence-electron chi connectivity index (χ3n) is 12.1. The fraction of sp³-hybridized carbons (Fsp3) is 0.700. The summed E-state index contributed by atoms with van der Waals surface area (Å²) < 4.78 is 74.0. The number of aromatic amines is 1. The Morgan fingerprint density at radius 2 is 1.80 bits per heavy atom. The molecule has 9 atom stereocenters. The smallest absolute Gasteiger partial charge is 0.474 e. The van der Waals surface area contributed by atoms with Crippen LogP contribution in [0.4, 0.5) is 5.95 Å². The molecule has 3 aliphatic rings. The fourth-order valence-corrected chi connectivity index (χ4v) is 22.5. The topological polar surface area (TPSA) is 250 Å². The van der Waals surface area contributed by atoms with Crippen molar-refractivity contribution in [1.29, 1.82) is 5.26 Å². The number of rotatable bonds is 19. The molecule has 358 valence electrons. The van der Waals surface area contributed by atoms with Gasteiger partial charge in [0.15, 0.2) is 11.9 Å². The largest absolute Gasteiger partial charge is 0.695 e. The molecule has 65 heavy (non-hydrogen) atoms. The number of fused-ring (bicyclic) bond motifs is 2. The minimum Gasteiger partial charge on any atom is -0.474 e. The van der Waals surface area contributed by atoms with Gasteiger partial charge in [-0.25, -0.2) is 9.97 Å². The molecule has 0 radical (unpaired) electrons. The van der Waals surface area contributed by atoms with E-state index in [4.69, 9.17) is 52.3 Å². The lowest BCUT2D eigenvalue weighted by atomic mass is 10.1. The summed E-state index contributed by atoms with van der Waals surface area (Å²) in [5.41, 5.74) is -0.366. The zero-order valence-electron chi connectivity index (χ0n) is 38.4. The third-order valence-corrected chi connectivity index (χ3v) is 25.1. The molecule has 3 N–H and O–H groups in total. The quantitative estimate of drug-likeness (QED) is 0.0600. The summed E-state index contributed by atoms with van der Waals surface area (Å²) in [5, 5.41) is 12.5. The molecule has 25 heteroatoms. The monoisotopic (exact) mass is 998 g/mol. The number of carbonyl (C=O) groups is 1. The number of nitriles is 1. The molecule has 1 saturated carbocycles. The van der Waals surface area contributed by atoms with Crippen molar-refractivity contribution in [1.82, 2.24) is 24.5 Å². The zero-order valence-corrected chi connectivity index (χ0v) is 43.0. The fourth-order valence-electron chi connectivity index (χ4n) is 8.74. The Labute approximate surface area is 387 Å². The number of carbonyl (C=O) groups excluding carboxylic acids is 1. The van der Waals surface area contributed by atoms with E-state index in [2.05, 4.69) is 86.7 Å². The van der Waals surface area contributed by atoms with Gasteiger partial charge in [-0.05, 0) is 46.5 Å². The van der Waals surface area contributed by atoms with E-state index < -0.39 is 86.2 Å². The van der Waals surface area contributed by atoms with Gasteiger partial charge >= 0.3 is 32.1 Å². The number of anilines is 1. The molecule has 5 heterocycles. The number of aromatic nitrogens is 5. The summed E-state index contributed by atoms with van der Waals surface area (Å²) in [7, 11) is -9.34. The van der Waals surface area contributed by atoms with E-state index in [9.17, 15) is 24.3 Å². The van der Waals surface area contributed by atoms with Crippen LogP contribution in [0.1, 0.15) is 94.7 Å². The summed E-state index contributed by atoms with van der Waals surface area (Å²) in [6, 6.07) is 5.27. The Hall–Kier alpha value is -2.92. The highest BCUT2D eigenvalue weighted by Crippen LogP contribution is 2.57. The number of nitrogens with zero attached hydrogens (tertiary/aromatic N) is 5. The van der Waals surface area contributed by atoms with Crippen molar-refractivity contribution in [3.8, 4) is 11.9 Å². The van der Waals surface area contributed by atoms with E-state index >= 15 is 0 Å². The molecule has 2 aliphatic heterocycles. The van der Waals surface area contributed by atoms with Crippen LogP contribution in [0, 0.1) is 23.2 Å². The maximum atomic E-state index is 13.5. The molecular formula is C40H62N7O13P2SSi2+. The predicted octanol–water partition coefficient (Wildman–Crippen LogP) is 7.41. The second kappa shape index (κ2) is 21.6. The maximum absolute atomic E-state index is 13.5. The van der Waals surface area contributed by atoms with Gasteiger partial charge < -0.3 is 36.1 Å². The van der Waals surface area contributed by atoms with Crippen molar-refractivity contribution >= 4 is 66.8 Å². The number of ether oxygens (including phenoxy) is 2. The first-order valence-corrected chi connectivity index (χ1v) is 29.6. The summed E-state index contributed by atoms with van der Waals surface area (Å²) in [5.74, 6) is -0.989. The van der Waals surface area contributed by atoms with Gasteiger partial charge in [0.2, 0.25) is 17.7 Å². The first kappa shape index (κ1) is 51.5. The summed E-state index contributed by atoms with van der Waals surface area (Å²) in [6.45, 7) is 16.2. The van der Waals surface area contributed by atoms with E-state index in [1.807, 2.05) is 0 Å². The molecule has 6 rings (SSSR count). The van der Waals surface area contributed by atoms with Crippen molar-refractivity contribution in [3.63, 3.8) is 0 Å². The second-order valence-corrected chi connectivity index (χ2v) is 30.6. The Morgan fingerprint density at radius 1 is 1.09 bits per heavy atom. The van der Waals surface area contributed by atoms with Gasteiger partial charge in [0.05, 0.1) is 37.7 Å². The van der Waals surface area contributed by atoms with Crippen LogP contribution in [-0.2, 0) is 57.0 Å². The van der Waals surface area contributed by atoms with Crippen LogP contribution in [-0.4, -0.2) is 103 Å². The summed E-state index contributed by atoms with van der Waals surface area (Å²) >= 11 is 6.21. The van der Waals surface area contributed by atoms with E-state index in [0.29, 0.717) is 12.3 Å². The highest BCUT2D eigenvalue weighted by Gasteiger charge is 2.63. The first-order valence-electron chi connectivity index (χ1n) is 22.0. The Morgan fingerprint density at radius 3 is 2.42 bits per heavy atom. The molecule has 3 fully saturated rings. The van der Waals surface area contributed by atoms with E-state index in [1.54, 1.807) is 42.9 Å². The molecule has 1 amide bonds. The zero-order chi connectivity index (χ0) is 47.4. The van der Waals surface area contributed by atoms with Crippen LogP contribution < -0.4 is 15.6 Å². The van der Waals surface area contributed by atoms with E-state index in [0.717, 1.165) is 0 Å². The van der Waals surface area contributed by atoms with Crippen LogP contribution in [0.2, 0.25) is 22.2 Å². The SMILES string of the molecule is CC(C)C(=O)Nc1nc2c(ccn2[C@@H]2O[C@@H]3CO[Si](C(C)C)(C(C)C)O[Si](C(C)C)(C(C)C)O[C@H]3[C@H]2O[P@](=S)(OCCC#N)OC[C@H]2C[C@@H](Oc3ccncn3)C[C@@H]2O[P+](=O)O)c(=O)[nH]1. The summed E-state index contributed by atoms with van der Waals surface area (Å²) in [4.78, 5) is 51.5. The standard InChI is InChI=1S/C40H61N7O13P2SSi2/c1-23(2)37(48)45-40-44-36-30(38(49)46-40)13-16-47(36)39-35(34-32(56-39)21-54-64(24(3)4,25(5)6)60-65(59-34,26(7)8)27(9)10)58-62(63,52-17-11-14-41)53-20-28-18-29(19-31(28)57-61(50)51)55-33-12-15-42-22-43-33/h12-13,15-16,22-29,31-32,34-35,39H,11,17-21H2,1-10H3,(H2-,44,45,46,48,49,50,51)/p+1/t28-,29-,31+,32-,34-,35-,39-,62+/m1/s1. The van der Waals surface area contributed by atoms with Gasteiger partial charge in [0, 0.05) is 41.3 Å². The van der Waals surface area contributed by atoms with E-state index in [-0.39, 0.29) is 77.7 Å². The van der Waals surface area contributed by atoms with Gasteiger partial charge in [-0.2, -0.15) is 10.2 Å². The first-order chi connectivity index (χ1) is 30.7. The molecule has 1 unspecified atom stereocenters. The van der Waals surface area contributed by atoms with Crippen molar-refractivity contribution in [2.75, 3.05) is 25.1 Å². The molecule has 20 nitrogen and oxygen atoms in total. The summed E-state index contributed by atoms with van der Waals surface area (Å²) in [6.07, 6.45) is -0.0380. The van der Waals surface area contributed by atoms with Crippen molar-refractivity contribution in [3.05, 3.63) is 41.2 Å². The van der Waals surface area contributed by atoms with Crippen molar-refractivity contribution in [2.24, 2.45) is 11.8 Å². The molecule has 0 aromatic carbocycles. The lowest BCUT2D eigenvalue weighted by Gasteiger charge is -2.51. The van der Waals surface area contributed by atoms with Gasteiger partial charge in [0.25, 0.3) is 5.56 Å². The van der Waals surface area contributed by atoms with Gasteiger partial charge in [-0.15, -0.1) is 9.42 Å². The van der Waals surface area contributed by atoms with Crippen molar-refractivity contribution < 1.29 is 54.8 Å². The second-order valence-electron chi connectivity index (χ2n) is 18.1. The Balaban J connectivity index is 1.44. The van der Waals surface area contributed by atoms with Gasteiger partial charge in [0.1, 0.15) is 36.8 Å². The third kappa shape index (κ3) is 11.5. The average Bonchev–Trinajstić information content (AvgIpc) is 3.91. The number of amides is 1. The van der Waals surface area contributed by atoms with E-state index in [1.165, 1.54) is 6.33 Å². The van der Waals surface area contributed by atoms with Crippen LogP contribution in [0.5, 0.6) is 5.88 Å². The van der Waals surface area contributed by atoms with Crippen LogP contribution in [0.25, 0.3) is 11.0 Å². The molecule has 0 spiro atoms. The number of hydrogen-bond donors (Lipinski definition) is 3. The number of H-pyrrole nitrogens is 1. The average molecular weight is 999 g/mol. The highest BCUT2D eigenvalue weighted by molar-refractivity contribution is 8.07. The molecular weight excluding hydrogens is 937 g/mol. The maximum Gasteiger partial charge on any atom is 0.695 e. The van der Waals surface area contributed by atoms with Crippen LogP contribution >= 0.6 is 15.0 Å². The van der Waals surface area contributed by atoms with Crippen molar-refractivity contribution in [2.45, 2.75) is 147 Å². The highest BCUT2D eigenvalue weighted by atomic mass is 32.5. The molecule has 3 aromatic heterocycles. The Bertz CT molecular complexity index is 2270. The predicted molar refractivity (Wildman–Crippen MR) is 247 cm³/mol. The minimum atomic E-state index is -3.93. The molecule has 0 bridgehead atoms. The molecule has 3 aromatic rings. The molecule has 2 saturated heterocycles. The van der Waals surface area contributed by atoms with Crippen LogP contribution in [0.15, 0.2) is 35.6 Å². The number of hydrogen-bond acceptors (Lipinski definition) is 17. The van der Waals surface area contributed by atoms with Gasteiger partial charge in [-0.1, -0.05) is 69.2 Å². The normalized spacial score (nSPS) is 26.6.